The normalized spacial score (nSPS) is 22.0. The Morgan fingerprint density at radius 3 is 2.35 bits per heavy atom. The maximum Gasteiger partial charge on any atom is 0.324 e. The van der Waals surface area contributed by atoms with Crippen molar-refractivity contribution in [1.82, 2.24) is 4.72 Å². The SMILES string of the molecule is CC(O)C(NS(=O)(=O)C1CCOCC1)C(=O)O. The minimum absolute atomic E-state index is 0.335. The van der Waals surface area contributed by atoms with Crippen molar-refractivity contribution >= 4 is 16.0 Å². The highest BCUT2D eigenvalue weighted by Gasteiger charge is 2.34. The molecule has 0 bridgehead atoms. The number of sulfonamides is 1. The van der Waals surface area contributed by atoms with Gasteiger partial charge < -0.3 is 14.9 Å². The predicted octanol–water partition coefficient (Wildman–Crippen LogP) is -1.08. The molecule has 1 rings (SSSR count). The Hall–Kier alpha value is -0.700. The molecule has 8 heteroatoms. The number of carboxylic acids is 1. The van der Waals surface area contributed by atoms with Crippen LogP contribution in [-0.4, -0.2) is 55.2 Å². The fourth-order valence-corrected chi connectivity index (χ4v) is 3.27. The number of ether oxygens (including phenoxy) is 1. The van der Waals surface area contributed by atoms with Crippen LogP contribution < -0.4 is 4.72 Å². The molecule has 1 aliphatic heterocycles. The maximum absolute atomic E-state index is 11.9. The average molecular weight is 267 g/mol. The van der Waals surface area contributed by atoms with Gasteiger partial charge in [0.05, 0.1) is 11.4 Å². The summed E-state index contributed by atoms with van der Waals surface area (Å²) in [4.78, 5) is 10.8. The van der Waals surface area contributed by atoms with Gasteiger partial charge >= 0.3 is 5.97 Å². The molecule has 0 aromatic rings. The summed E-state index contributed by atoms with van der Waals surface area (Å²) in [6.45, 7) is 1.92. The monoisotopic (exact) mass is 267 g/mol. The molecule has 0 aromatic heterocycles. The van der Waals surface area contributed by atoms with Gasteiger partial charge in [0.2, 0.25) is 10.0 Å². The highest BCUT2D eigenvalue weighted by Crippen LogP contribution is 2.15. The first kappa shape index (κ1) is 14.4. The number of rotatable bonds is 5. The first-order valence-electron chi connectivity index (χ1n) is 5.34. The zero-order valence-corrected chi connectivity index (χ0v) is 10.3. The van der Waals surface area contributed by atoms with Gasteiger partial charge in [0.25, 0.3) is 0 Å². The summed E-state index contributed by atoms with van der Waals surface area (Å²) < 4.78 is 30.8. The molecular weight excluding hydrogens is 250 g/mol. The van der Waals surface area contributed by atoms with Crippen LogP contribution in [0.15, 0.2) is 0 Å². The number of hydrogen-bond donors (Lipinski definition) is 3. The number of carboxylic acid groups (broad SMARTS) is 1. The quantitative estimate of drug-likeness (QED) is 0.584. The lowest BCUT2D eigenvalue weighted by molar-refractivity contribution is -0.141. The van der Waals surface area contributed by atoms with Crippen LogP contribution in [0.25, 0.3) is 0 Å². The molecule has 7 nitrogen and oxygen atoms in total. The summed E-state index contributed by atoms with van der Waals surface area (Å²) in [5.74, 6) is -1.39. The Bertz CT molecular complexity index is 360. The van der Waals surface area contributed by atoms with E-state index in [0.29, 0.717) is 26.1 Å². The lowest BCUT2D eigenvalue weighted by atomic mass is 10.2. The van der Waals surface area contributed by atoms with Crippen LogP contribution in [0.4, 0.5) is 0 Å². The molecule has 0 aromatic carbocycles. The summed E-state index contributed by atoms with van der Waals surface area (Å²) in [7, 11) is -3.74. The summed E-state index contributed by atoms with van der Waals surface area (Å²) >= 11 is 0. The summed E-state index contributed by atoms with van der Waals surface area (Å²) in [5.41, 5.74) is 0. The van der Waals surface area contributed by atoms with E-state index in [-0.39, 0.29) is 0 Å². The van der Waals surface area contributed by atoms with E-state index in [0.717, 1.165) is 0 Å². The van der Waals surface area contributed by atoms with Crippen molar-refractivity contribution in [3.8, 4) is 0 Å². The van der Waals surface area contributed by atoms with E-state index >= 15 is 0 Å². The molecule has 1 aliphatic rings. The molecule has 3 N–H and O–H groups in total. The highest BCUT2D eigenvalue weighted by molar-refractivity contribution is 7.90. The van der Waals surface area contributed by atoms with E-state index in [1.165, 1.54) is 6.92 Å². The third-order valence-electron chi connectivity index (χ3n) is 2.65. The van der Waals surface area contributed by atoms with Crippen molar-refractivity contribution in [2.75, 3.05) is 13.2 Å². The molecule has 2 unspecified atom stereocenters. The van der Waals surface area contributed by atoms with Gasteiger partial charge in [-0.25, -0.2) is 8.42 Å². The van der Waals surface area contributed by atoms with Crippen LogP contribution >= 0.6 is 0 Å². The first-order chi connectivity index (χ1) is 7.84. The van der Waals surface area contributed by atoms with Crippen molar-refractivity contribution in [3.63, 3.8) is 0 Å². The predicted molar refractivity (Wildman–Crippen MR) is 59.0 cm³/mol. The van der Waals surface area contributed by atoms with Crippen molar-refractivity contribution < 1.29 is 28.2 Å². The van der Waals surface area contributed by atoms with E-state index in [1.54, 1.807) is 0 Å². The topological polar surface area (TPSA) is 113 Å². The number of nitrogens with one attached hydrogen (secondary N) is 1. The molecule has 2 atom stereocenters. The number of aliphatic hydroxyl groups is 1. The van der Waals surface area contributed by atoms with E-state index in [1.807, 2.05) is 4.72 Å². The van der Waals surface area contributed by atoms with Gasteiger partial charge in [-0.1, -0.05) is 0 Å². The minimum Gasteiger partial charge on any atom is -0.480 e. The Balaban J connectivity index is 2.73. The average Bonchev–Trinajstić information content (AvgIpc) is 2.26. The largest absolute Gasteiger partial charge is 0.480 e. The zero-order chi connectivity index (χ0) is 13.1. The van der Waals surface area contributed by atoms with E-state index in [2.05, 4.69) is 0 Å². The molecule has 0 saturated carbocycles. The third kappa shape index (κ3) is 3.91. The Morgan fingerprint density at radius 2 is 1.94 bits per heavy atom. The molecule has 0 radical (unpaired) electrons. The molecule has 1 saturated heterocycles. The van der Waals surface area contributed by atoms with Gasteiger partial charge in [-0.15, -0.1) is 0 Å². The first-order valence-corrected chi connectivity index (χ1v) is 6.89. The second kappa shape index (κ2) is 5.76. The molecule has 1 heterocycles. The second-order valence-corrected chi connectivity index (χ2v) is 6.02. The van der Waals surface area contributed by atoms with Crippen molar-refractivity contribution in [3.05, 3.63) is 0 Å². The van der Waals surface area contributed by atoms with E-state index < -0.39 is 33.4 Å². The van der Waals surface area contributed by atoms with Gasteiger partial charge in [0, 0.05) is 13.2 Å². The van der Waals surface area contributed by atoms with E-state index in [4.69, 9.17) is 9.84 Å². The van der Waals surface area contributed by atoms with Gasteiger partial charge in [0.15, 0.2) is 0 Å². The number of hydrogen-bond acceptors (Lipinski definition) is 5. The standard InChI is InChI=1S/C9H17NO6S/c1-6(11)8(9(12)13)10-17(14,15)7-2-4-16-5-3-7/h6-8,10-11H,2-5H2,1H3,(H,12,13). The smallest absolute Gasteiger partial charge is 0.324 e. The molecule has 0 amide bonds. The molecule has 0 spiro atoms. The van der Waals surface area contributed by atoms with Crippen molar-refractivity contribution in [2.24, 2.45) is 0 Å². The molecule has 17 heavy (non-hydrogen) atoms. The summed E-state index contributed by atoms with van der Waals surface area (Å²) in [5, 5.41) is 17.3. The highest BCUT2D eigenvalue weighted by atomic mass is 32.2. The van der Waals surface area contributed by atoms with Crippen LogP contribution in [0.1, 0.15) is 19.8 Å². The van der Waals surface area contributed by atoms with Crippen LogP contribution in [0.2, 0.25) is 0 Å². The zero-order valence-electron chi connectivity index (χ0n) is 9.50. The number of aliphatic carboxylic acids is 1. The molecule has 100 valence electrons. The second-order valence-electron chi connectivity index (χ2n) is 4.03. The fraction of sp³-hybridized carbons (Fsp3) is 0.889. The van der Waals surface area contributed by atoms with Gasteiger partial charge in [-0.3, -0.25) is 4.79 Å². The molecule has 1 fully saturated rings. The Labute approximate surface area is 99.8 Å². The minimum atomic E-state index is -3.74. The van der Waals surface area contributed by atoms with Crippen LogP contribution in [0.3, 0.4) is 0 Å². The van der Waals surface area contributed by atoms with Gasteiger partial charge in [-0.2, -0.15) is 4.72 Å². The van der Waals surface area contributed by atoms with Crippen LogP contribution in [0, 0.1) is 0 Å². The molecule has 0 aliphatic carbocycles. The summed E-state index contributed by atoms with van der Waals surface area (Å²) in [6.07, 6.45) is -0.620. The maximum atomic E-state index is 11.9. The molecular formula is C9H17NO6S. The number of aliphatic hydroxyl groups excluding tert-OH is 1. The summed E-state index contributed by atoms with van der Waals surface area (Å²) in [6, 6.07) is -1.51. The Morgan fingerprint density at radius 1 is 1.41 bits per heavy atom. The third-order valence-corrected chi connectivity index (χ3v) is 4.58. The van der Waals surface area contributed by atoms with Crippen molar-refractivity contribution in [1.29, 1.82) is 0 Å². The van der Waals surface area contributed by atoms with Crippen LogP contribution in [0.5, 0.6) is 0 Å². The van der Waals surface area contributed by atoms with E-state index in [9.17, 15) is 18.3 Å². The number of carbonyl (C=O) groups is 1. The van der Waals surface area contributed by atoms with Crippen molar-refractivity contribution in [2.45, 2.75) is 37.2 Å². The Kier molecular flexibility index (Phi) is 4.87. The van der Waals surface area contributed by atoms with Gasteiger partial charge in [0.1, 0.15) is 6.04 Å². The lowest BCUT2D eigenvalue weighted by Gasteiger charge is -2.25. The van der Waals surface area contributed by atoms with Crippen LogP contribution in [-0.2, 0) is 19.6 Å². The lowest BCUT2D eigenvalue weighted by Crippen LogP contribution is -2.51. The van der Waals surface area contributed by atoms with Gasteiger partial charge in [-0.05, 0) is 19.8 Å². The fourth-order valence-electron chi connectivity index (χ4n) is 1.61.